The quantitative estimate of drug-likeness (QED) is 0.690. The molecule has 2 aromatic heterocycles. The van der Waals surface area contributed by atoms with E-state index in [9.17, 15) is 4.79 Å². The van der Waals surface area contributed by atoms with Gasteiger partial charge in [0.1, 0.15) is 5.56 Å². The maximum atomic E-state index is 13.0. The molecule has 29 heavy (non-hydrogen) atoms. The third-order valence-corrected chi connectivity index (χ3v) is 5.50. The lowest BCUT2D eigenvalue weighted by atomic mass is 9.96. The number of nitrogens with one attached hydrogen (secondary N) is 1. The zero-order chi connectivity index (χ0) is 20.4. The standard InChI is InChI=1S/C21H26N6O2/c1-14-3-4-19(26-7-5-15(10-22)6-8-26)18(9-14)25-21(28)17-12-24-27-13-16(29-2)11-23-20(17)27/h3-4,9,11-13,15H,5-8,10,22H2,1-2H3,(H,25,28). The van der Waals surface area contributed by atoms with Crippen molar-refractivity contribution in [2.24, 2.45) is 11.7 Å². The molecule has 8 nitrogen and oxygen atoms in total. The fraction of sp³-hybridized carbons (Fsp3) is 0.381. The fourth-order valence-corrected chi connectivity index (χ4v) is 3.75. The number of carbonyl (C=O) groups excluding carboxylic acids is 1. The minimum Gasteiger partial charge on any atom is -0.494 e. The fourth-order valence-electron chi connectivity index (χ4n) is 3.75. The Balaban J connectivity index is 1.59. The molecule has 0 spiro atoms. The predicted octanol–water partition coefficient (Wildman–Crippen LogP) is 2.47. The number of aromatic nitrogens is 3. The van der Waals surface area contributed by atoms with Crippen LogP contribution in [-0.2, 0) is 0 Å². The Kier molecular flexibility index (Phi) is 5.35. The lowest BCUT2D eigenvalue weighted by Gasteiger charge is -2.34. The molecule has 152 valence electrons. The van der Waals surface area contributed by atoms with Crippen LogP contribution in [0.3, 0.4) is 0 Å². The summed E-state index contributed by atoms with van der Waals surface area (Å²) in [6, 6.07) is 6.15. The molecular weight excluding hydrogens is 368 g/mol. The number of nitrogens with zero attached hydrogens (tertiary/aromatic N) is 4. The molecular formula is C21H26N6O2. The van der Waals surface area contributed by atoms with Crippen LogP contribution in [0.4, 0.5) is 11.4 Å². The number of hydrogen-bond acceptors (Lipinski definition) is 6. The zero-order valence-corrected chi connectivity index (χ0v) is 16.8. The molecule has 3 aromatic rings. The van der Waals surface area contributed by atoms with E-state index in [0.29, 0.717) is 22.9 Å². The maximum Gasteiger partial charge on any atom is 0.261 e. The second-order valence-electron chi connectivity index (χ2n) is 7.46. The number of aryl methyl sites for hydroxylation is 1. The average molecular weight is 394 g/mol. The number of piperidine rings is 1. The summed E-state index contributed by atoms with van der Waals surface area (Å²) < 4.78 is 6.71. The number of ether oxygens (including phenoxy) is 1. The molecule has 0 saturated carbocycles. The van der Waals surface area contributed by atoms with Crippen LogP contribution in [0.5, 0.6) is 5.75 Å². The summed E-state index contributed by atoms with van der Waals surface area (Å²) in [5.74, 6) is 0.923. The molecule has 0 atom stereocenters. The average Bonchev–Trinajstić information content (AvgIpc) is 3.17. The van der Waals surface area contributed by atoms with E-state index >= 15 is 0 Å². The number of hydrogen-bond donors (Lipinski definition) is 2. The van der Waals surface area contributed by atoms with Gasteiger partial charge in [-0.25, -0.2) is 9.50 Å². The van der Waals surface area contributed by atoms with Crippen LogP contribution in [0, 0.1) is 12.8 Å². The number of benzene rings is 1. The Hall–Kier alpha value is -3.13. The molecule has 1 saturated heterocycles. The van der Waals surface area contributed by atoms with Crippen LogP contribution >= 0.6 is 0 Å². The van der Waals surface area contributed by atoms with Gasteiger partial charge in [0.15, 0.2) is 11.4 Å². The molecule has 1 aliphatic heterocycles. The largest absolute Gasteiger partial charge is 0.494 e. The first-order valence-electron chi connectivity index (χ1n) is 9.83. The first-order chi connectivity index (χ1) is 14.1. The van der Waals surface area contributed by atoms with Gasteiger partial charge in [0.25, 0.3) is 5.91 Å². The van der Waals surface area contributed by atoms with Crippen LogP contribution in [-0.4, -0.2) is 47.2 Å². The summed E-state index contributed by atoms with van der Waals surface area (Å²) in [5.41, 5.74) is 9.65. The van der Waals surface area contributed by atoms with Gasteiger partial charge >= 0.3 is 0 Å². The van der Waals surface area contributed by atoms with Crippen molar-refractivity contribution in [2.45, 2.75) is 19.8 Å². The first-order valence-corrected chi connectivity index (χ1v) is 9.83. The van der Waals surface area contributed by atoms with Gasteiger partial charge in [-0.3, -0.25) is 4.79 Å². The molecule has 0 radical (unpaired) electrons. The van der Waals surface area contributed by atoms with Crippen molar-refractivity contribution in [2.75, 3.05) is 37.0 Å². The van der Waals surface area contributed by atoms with Crippen molar-refractivity contribution in [1.29, 1.82) is 0 Å². The Bertz CT molecular complexity index is 1020. The SMILES string of the molecule is COc1cnc2c(C(=O)Nc3cc(C)ccc3N3CCC(CN)CC3)cnn2c1. The highest BCUT2D eigenvalue weighted by Gasteiger charge is 2.22. The molecule has 1 aromatic carbocycles. The van der Waals surface area contributed by atoms with Crippen molar-refractivity contribution >= 4 is 22.9 Å². The molecule has 1 aliphatic rings. The van der Waals surface area contributed by atoms with E-state index in [1.807, 2.05) is 13.0 Å². The highest BCUT2D eigenvalue weighted by molar-refractivity contribution is 6.09. The monoisotopic (exact) mass is 394 g/mol. The number of methoxy groups -OCH3 is 1. The summed E-state index contributed by atoms with van der Waals surface area (Å²) in [6.45, 7) is 4.62. The van der Waals surface area contributed by atoms with E-state index in [1.165, 1.54) is 6.20 Å². The van der Waals surface area contributed by atoms with Gasteiger partial charge in [0, 0.05) is 13.1 Å². The third-order valence-electron chi connectivity index (χ3n) is 5.50. The Morgan fingerprint density at radius 3 is 2.83 bits per heavy atom. The molecule has 3 heterocycles. The van der Waals surface area contributed by atoms with Gasteiger partial charge in [0.2, 0.25) is 0 Å². The summed E-state index contributed by atoms with van der Waals surface area (Å²) in [7, 11) is 1.57. The van der Waals surface area contributed by atoms with E-state index in [1.54, 1.807) is 24.0 Å². The molecule has 3 N–H and O–H groups in total. The maximum absolute atomic E-state index is 13.0. The second-order valence-corrected chi connectivity index (χ2v) is 7.46. The minimum absolute atomic E-state index is 0.235. The molecule has 0 bridgehead atoms. The summed E-state index contributed by atoms with van der Waals surface area (Å²) in [4.78, 5) is 19.7. The van der Waals surface area contributed by atoms with E-state index in [0.717, 1.165) is 49.4 Å². The topological polar surface area (TPSA) is 97.8 Å². The second kappa shape index (κ2) is 8.08. The first kappa shape index (κ1) is 19.2. The zero-order valence-electron chi connectivity index (χ0n) is 16.8. The van der Waals surface area contributed by atoms with Crippen LogP contribution in [0.2, 0.25) is 0 Å². The van der Waals surface area contributed by atoms with Crippen molar-refractivity contribution < 1.29 is 9.53 Å². The van der Waals surface area contributed by atoms with Crippen molar-refractivity contribution in [3.63, 3.8) is 0 Å². The minimum atomic E-state index is -0.235. The molecule has 1 amide bonds. The number of anilines is 2. The highest BCUT2D eigenvalue weighted by atomic mass is 16.5. The Morgan fingerprint density at radius 1 is 1.31 bits per heavy atom. The van der Waals surface area contributed by atoms with Gasteiger partial charge in [-0.15, -0.1) is 0 Å². The van der Waals surface area contributed by atoms with Gasteiger partial charge in [0.05, 0.1) is 37.1 Å². The summed E-state index contributed by atoms with van der Waals surface area (Å²) in [6.07, 6.45) is 6.93. The van der Waals surface area contributed by atoms with E-state index < -0.39 is 0 Å². The van der Waals surface area contributed by atoms with Gasteiger partial charge in [-0.2, -0.15) is 5.10 Å². The third kappa shape index (κ3) is 3.88. The van der Waals surface area contributed by atoms with Crippen LogP contribution < -0.4 is 20.7 Å². The van der Waals surface area contributed by atoms with Gasteiger partial charge < -0.3 is 20.7 Å². The summed E-state index contributed by atoms with van der Waals surface area (Å²) in [5, 5.41) is 7.30. The molecule has 0 unspecified atom stereocenters. The number of rotatable bonds is 5. The van der Waals surface area contributed by atoms with Crippen molar-refractivity contribution in [1.82, 2.24) is 14.6 Å². The number of fused-ring (bicyclic) bond motifs is 1. The lowest BCUT2D eigenvalue weighted by molar-refractivity contribution is 0.102. The van der Waals surface area contributed by atoms with Crippen LogP contribution in [0.15, 0.2) is 36.8 Å². The van der Waals surface area contributed by atoms with E-state index in [2.05, 4.69) is 32.4 Å². The van der Waals surface area contributed by atoms with E-state index in [-0.39, 0.29) is 5.91 Å². The highest BCUT2D eigenvalue weighted by Crippen LogP contribution is 2.31. The van der Waals surface area contributed by atoms with Crippen molar-refractivity contribution in [3.8, 4) is 5.75 Å². The summed E-state index contributed by atoms with van der Waals surface area (Å²) >= 11 is 0. The number of amides is 1. The Labute approximate surface area is 169 Å². The van der Waals surface area contributed by atoms with Crippen LogP contribution in [0.25, 0.3) is 5.65 Å². The smallest absolute Gasteiger partial charge is 0.261 e. The van der Waals surface area contributed by atoms with E-state index in [4.69, 9.17) is 10.5 Å². The molecule has 0 aliphatic carbocycles. The molecule has 4 rings (SSSR count). The number of carbonyl (C=O) groups is 1. The number of nitrogens with two attached hydrogens (primary N) is 1. The lowest BCUT2D eigenvalue weighted by Crippen LogP contribution is -2.36. The predicted molar refractivity (Wildman–Crippen MR) is 113 cm³/mol. The molecule has 8 heteroatoms. The van der Waals surface area contributed by atoms with Gasteiger partial charge in [-0.1, -0.05) is 6.07 Å². The van der Waals surface area contributed by atoms with Crippen molar-refractivity contribution in [3.05, 3.63) is 47.9 Å². The molecule has 1 fully saturated rings. The van der Waals surface area contributed by atoms with Gasteiger partial charge in [-0.05, 0) is 49.9 Å². The Morgan fingerprint density at radius 2 is 2.10 bits per heavy atom. The normalized spacial score (nSPS) is 14.9. The van der Waals surface area contributed by atoms with Crippen LogP contribution in [0.1, 0.15) is 28.8 Å².